The lowest BCUT2D eigenvalue weighted by molar-refractivity contribution is -0.109. The van der Waals surface area contributed by atoms with Crippen molar-refractivity contribution in [3.05, 3.63) is 0 Å². The zero-order chi connectivity index (χ0) is 14.9. The minimum absolute atomic E-state index is 0.930. The molecule has 4 saturated heterocycles. The molecule has 126 valence electrons. The summed E-state index contributed by atoms with van der Waals surface area (Å²) in [7, 11) is 0. The van der Waals surface area contributed by atoms with Crippen LogP contribution >= 0.6 is 0 Å². The summed E-state index contributed by atoms with van der Waals surface area (Å²) in [5, 5.41) is 0. The Morgan fingerprint density at radius 3 is 2.59 bits per heavy atom. The second kappa shape index (κ2) is 6.81. The van der Waals surface area contributed by atoms with Crippen LogP contribution < -0.4 is 0 Å². The van der Waals surface area contributed by atoms with Gasteiger partial charge in [-0.05, 0) is 63.5 Å². The zero-order valence-corrected chi connectivity index (χ0v) is 14.7. The number of hydrogen-bond donors (Lipinski definition) is 0. The van der Waals surface area contributed by atoms with E-state index in [1.807, 2.05) is 0 Å². The molecule has 0 aromatic carbocycles. The first kappa shape index (κ1) is 15.4. The minimum Gasteiger partial charge on any atom is -0.300 e. The maximum absolute atomic E-state index is 3.03. The van der Waals surface area contributed by atoms with Gasteiger partial charge in [0.2, 0.25) is 0 Å². The Bertz CT molecular complexity index is 367. The second-order valence-corrected chi connectivity index (χ2v) is 8.58. The van der Waals surface area contributed by atoms with Crippen molar-refractivity contribution in [1.82, 2.24) is 9.80 Å². The van der Waals surface area contributed by atoms with Crippen LogP contribution in [-0.4, -0.2) is 47.6 Å². The highest BCUT2D eigenvalue weighted by atomic mass is 15.3. The first-order valence-electron chi connectivity index (χ1n) is 10.4. The summed E-state index contributed by atoms with van der Waals surface area (Å²) in [6, 6.07) is 2.82. The number of rotatable bonds is 4. The highest BCUT2D eigenvalue weighted by Crippen LogP contribution is 2.47. The monoisotopic (exact) mass is 304 g/mol. The predicted octanol–water partition coefficient (Wildman–Crippen LogP) is 4.29. The molecule has 5 unspecified atom stereocenters. The summed E-state index contributed by atoms with van der Waals surface area (Å²) < 4.78 is 0. The lowest BCUT2D eigenvalue weighted by atomic mass is 9.66. The van der Waals surface area contributed by atoms with Crippen molar-refractivity contribution in [2.45, 2.75) is 95.7 Å². The van der Waals surface area contributed by atoms with E-state index in [4.69, 9.17) is 0 Å². The zero-order valence-electron chi connectivity index (χ0n) is 14.7. The van der Waals surface area contributed by atoms with E-state index in [0.29, 0.717) is 0 Å². The Morgan fingerprint density at radius 2 is 1.73 bits per heavy atom. The van der Waals surface area contributed by atoms with Crippen molar-refractivity contribution in [3.63, 3.8) is 0 Å². The predicted molar refractivity (Wildman–Crippen MR) is 93.1 cm³/mol. The molecule has 0 aromatic heterocycles. The van der Waals surface area contributed by atoms with Crippen LogP contribution in [0.2, 0.25) is 0 Å². The number of piperidine rings is 4. The SMILES string of the molecule is CCCCCC1C2CC(CN3CCCCC23)C2CCCCN21. The first-order valence-corrected chi connectivity index (χ1v) is 10.4. The Kier molecular flexibility index (Phi) is 4.78. The fourth-order valence-electron chi connectivity index (χ4n) is 6.43. The van der Waals surface area contributed by atoms with E-state index in [0.717, 1.165) is 30.0 Å². The first-order chi connectivity index (χ1) is 10.9. The number of fused-ring (bicyclic) bond motifs is 6. The van der Waals surface area contributed by atoms with Gasteiger partial charge in [0.1, 0.15) is 0 Å². The van der Waals surface area contributed by atoms with Gasteiger partial charge in [-0.15, -0.1) is 0 Å². The van der Waals surface area contributed by atoms with Gasteiger partial charge in [0.15, 0.2) is 0 Å². The third-order valence-corrected chi connectivity index (χ3v) is 7.36. The van der Waals surface area contributed by atoms with Crippen LogP contribution in [0.3, 0.4) is 0 Å². The molecule has 2 nitrogen and oxygen atoms in total. The fraction of sp³-hybridized carbons (Fsp3) is 1.00. The lowest BCUT2D eigenvalue weighted by Crippen LogP contribution is -2.67. The van der Waals surface area contributed by atoms with E-state index < -0.39 is 0 Å². The van der Waals surface area contributed by atoms with Gasteiger partial charge in [-0.2, -0.15) is 0 Å². The largest absolute Gasteiger partial charge is 0.300 e. The maximum atomic E-state index is 3.03. The lowest BCUT2D eigenvalue weighted by Gasteiger charge is -2.60. The van der Waals surface area contributed by atoms with Gasteiger partial charge in [0, 0.05) is 24.7 Å². The quantitative estimate of drug-likeness (QED) is 0.715. The summed E-state index contributed by atoms with van der Waals surface area (Å²) >= 11 is 0. The van der Waals surface area contributed by atoms with E-state index in [-0.39, 0.29) is 0 Å². The van der Waals surface area contributed by atoms with Crippen molar-refractivity contribution < 1.29 is 0 Å². The average molecular weight is 305 g/mol. The molecule has 4 rings (SSSR count). The Balaban J connectivity index is 1.55. The molecule has 0 radical (unpaired) electrons. The molecule has 0 amide bonds. The van der Waals surface area contributed by atoms with E-state index in [1.165, 1.54) is 83.8 Å². The fourth-order valence-corrected chi connectivity index (χ4v) is 6.43. The second-order valence-electron chi connectivity index (χ2n) is 8.58. The van der Waals surface area contributed by atoms with Crippen molar-refractivity contribution >= 4 is 0 Å². The van der Waals surface area contributed by atoms with E-state index in [9.17, 15) is 0 Å². The number of hydrogen-bond acceptors (Lipinski definition) is 2. The van der Waals surface area contributed by atoms with Crippen LogP contribution in [0.15, 0.2) is 0 Å². The molecular formula is C20H36N2. The highest BCUT2D eigenvalue weighted by Gasteiger charge is 2.50. The summed E-state index contributed by atoms with van der Waals surface area (Å²) in [6.07, 6.45) is 16.3. The molecule has 0 saturated carbocycles. The Hall–Kier alpha value is -0.0800. The molecule has 2 bridgehead atoms. The number of nitrogens with zero attached hydrogens (tertiary/aromatic N) is 2. The highest BCUT2D eigenvalue weighted by molar-refractivity contribution is 5.05. The van der Waals surface area contributed by atoms with Crippen molar-refractivity contribution in [2.24, 2.45) is 11.8 Å². The van der Waals surface area contributed by atoms with Gasteiger partial charge in [-0.1, -0.05) is 39.0 Å². The van der Waals surface area contributed by atoms with Gasteiger partial charge < -0.3 is 0 Å². The van der Waals surface area contributed by atoms with E-state index in [2.05, 4.69) is 16.7 Å². The molecular weight excluding hydrogens is 268 g/mol. The molecule has 4 fully saturated rings. The third-order valence-electron chi connectivity index (χ3n) is 7.36. The van der Waals surface area contributed by atoms with Gasteiger partial charge in [-0.25, -0.2) is 0 Å². The summed E-state index contributed by atoms with van der Waals surface area (Å²) in [4.78, 5) is 5.96. The Morgan fingerprint density at radius 1 is 0.909 bits per heavy atom. The van der Waals surface area contributed by atoms with Crippen molar-refractivity contribution in [1.29, 1.82) is 0 Å². The molecule has 0 N–H and O–H groups in total. The van der Waals surface area contributed by atoms with Crippen LogP contribution in [0.25, 0.3) is 0 Å². The van der Waals surface area contributed by atoms with Crippen LogP contribution in [0, 0.1) is 11.8 Å². The van der Waals surface area contributed by atoms with Crippen LogP contribution in [-0.2, 0) is 0 Å². The van der Waals surface area contributed by atoms with Gasteiger partial charge >= 0.3 is 0 Å². The summed E-state index contributed by atoms with van der Waals surface area (Å²) in [5.74, 6) is 2.01. The van der Waals surface area contributed by atoms with Crippen LogP contribution in [0.4, 0.5) is 0 Å². The van der Waals surface area contributed by atoms with Gasteiger partial charge in [0.25, 0.3) is 0 Å². The molecule has 22 heavy (non-hydrogen) atoms. The van der Waals surface area contributed by atoms with Gasteiger partial charge in [-0.3, -0.25) is 9.80 Å². The number of unbranched alkanes of at least 4 members (excludes halogenated alkanes) is 2. The third kappa shape index (κ3) is 2.75. The van der Waals surface area contributed by atoms with Crippen molar-refractivity contribution in [3.8, 4) is 0 Å². The van der Waals surface area contributed by atoms with E-state index >= 15 is 0 Å². The molecule has 0 aromatic rings. The van der Waals surface area contributed by atoms with Crippen molar-refractivity contribution in [2.75, 3.05) is 19.6 Å². The Labute approximate surface area is 137 Å². The average Bonchev–Trinajstić information content (AvgIpc) is 2.58. The molecule has 4 heterocycles. The minimum atomic E-state index is 0.930. The molecule has 5 atom stereocenters. The summed E-state index contributed by atoms with van der Waals surface area (Å²) in [5.41, 5.74) is 0. The molecule has 4 aliphatic heterocycles. The van der Waals surface area contributed by atoms with Gasteiger partial charge in [0.05, 0.1) is 0 Å². The molecule has 0 spiro atoms. The molecule has 0 aliphatic carbocycles. The maximum Gasteiger partial charge on any atom is 0.0142 e. The molecule has 2 heteroatoms. The molecule has 4 aliphatic rings. The topological polar surface area (TPSA) is 6.48 Å². The van der Waals surface area contributed by atoms with Crippen LogP contribution in [0.1, 0.15) is 77.6 Å². The normalized spacial score (nSPS) is 42.7. The summed E-state index contributed by atoms with van der Waals surface area (Å²) in [6.45, 7) is 6.61. The smallest absolute Gasteiger partial charge is 0.0142 e. The van der Waals surface area contributed by atoms with E-state index in [1.54, 1.807) is 6.42 Å². The standard InChI is InChI=1S/C20H36N2/c1-2-3-4-11-20-17-14-16(18-9-6-8-13-22(18)20)15-21-12-7-5-10-19(17)21/h16-20H,2-15H2,1H3. The van der Waals surface area contributed by atoms with Crippen LogP contribution in [0.5, 0.6) is 0 Å².